The topological polar surface area (TPSA) is 95.5 Å². The van der Waals surface area contributed by atoms with E-state index in [4.69, 9.17) is 30.5 Å². The summed E-state index contributed by atoms with van der Waals surface area (Å²) in [4.78, 5) is 2.13. The van der Waals surface area contributed by atoms with E-state index in [1.165, 1.54) is 38.6 Å². The third kappa shape index (κ3) is 6.33. The highest BCUT2D eigenvalue weighted by Gasteiger charge is 2.19. The second-order valence-corrected chi connectivity index (χ2v) is 8.93. The number of halogens is 1. The molecular weight excluding hydrogens is 480 g/mol. The van der Waals surface area contributed by atoms with E-state index in [1.807, 2.05) is 25.1 Å². The number of sulfonamides is 1. The molecule has 10 heteroatoms. The maximum atomic E-state index is 12.7. The van der Waals surface area contributed by atoms with Crippen molar-refractivity contribution in [1.82, 2.24) is 4.83 Å². The summed E-state index contributed by atoms with van der Waals surface area (Å²) < 4.78 is 47.2. The molecule has 3 aromatic carbocycles. The van der Waals surface area contributed by atoms with E-state index in [0.717, 1.165) is 5.56 Å². The number of methoxy groups -OCH3 is 2. The van der Waals surface area contributed by atoms with Crippen LogP contribution in [0.25, 0.3) is 0 Å². The second kappa shape index (κ2) is 11.6. The zero-order valence-corrected chi connectivity index (χ0v) is 20.5. The van der Waals surface area contributed by atoms with Gasteiger partial charge in [0, 0.05) is 16.7 Å². The van der Waals surface area contributed by atoms with Crippen LogP contribution in [0.1, 0.15) is 18.1 Å². The van der Waals surface area contributed by atoms with Crippen LogP contribution in [-0.4, -0.2) is 35.5 Å². The summed E-state index contributed by atoms with van der Waals surface area (Å²) in [6, 6.07) is 17.0. The molecule has 0 aliphatic heterocycles. The van der Waals surface area contributed by atoms with E-state index in [1.54, 1.807) is 24.3 Å². The fourth-order valence-corrected chi connectivity index (χ4v) is 4.11. The molecule has 180 valence electrons. The summed E-state index contributed by atoms with van der Waals surface area (Å²) in [5.74, 6) is 1.64. The van der Waals surface area contributed by atoms with E-state index in [0.29, 0.717) is 34.4 Å². The van der Waals surface area contributed by atoms with Crippen LogP contribution in [-0.2, 0) is 16.6 Å². The van der Waals surface area contributed by atoms with Crippen molar-refractivity contribution >= 4 is 27.8 Å². The lowest BCUT2D eigenvalue weighted by Gasteiger charge is -2.13. The number of hydrazone groups is 1. The van der Waals surface area contributed by atoms with Crippen LogP contribution in [0.2, 0.25) is 5.02 Å². The van der Waals surface area contributed by atoms with Gasteiger partial charge < -0.3 is 18.9 Å². The van der Waals surface area contributed by atoms with Crippen molar-refractivity contribution in [3.8, 4) is 23.0 Å². The Labute approximate surface area is 204 Å². The van der Waals surface area contributed by atoms with E-state index in [-0.39, 0.29) is 17.3 Å². The van der Waals surface area contributed by atoms with Crippen molar-refractivity contribution in [2.24, 2.45) is 5.10 Å². The SMILES string of the molecule is CCOc1cc(/C=N\NS(=O)(=O)c2ccc(OC)cc2OC)ccc1OCc1ccccc1Cl. The average molecular weight is 505 g/mol. The molecule has 0 aliphatic carbocycles. The van der Waals surface area contributed by atoms with E-state index in [9.17, 15) is 8.42 Å². The Morgan fingerprint density at radius 3 is 2.44 bits per heavy atom. The minimum Gasteiger partial charge on any atom is -0.497 e. The summed E-state index contributed by atoms with van der Waals surface area (Å²) in [6.07, 6.45) is 1.37. The zero-order valence-electron chi connectivity index (χ0n) is 18.9. The van der Waals surface area contributed by atoms with Gasteiger partial charge in [-0.15, -0.1) is 0 Å². The highest BCUT2D eigenvalue weighted by Crippen LogP contribution is 2.30. The van der Waals surface area contributed by atoms with E-state index < -0.39 is 10.0 Å². The van der Waals surface area contributed by atoms with Crippen LogP contribution in [0.3, 0.4) is 0 Å². The van der Waals surface area contributed by atoms with Crippen molar-refractivity contribution in [1.29, 1.82) is 0 Å². The van der Waals surface area contributed by atoms with Crippen LogP contribution < -0.4 is 23.8 Å². The molecule has 0 atom stereocenters. The van der Waals surface area contributed by atoms with Crippen LogP contribution in [0.15, 0.2) is 70.7 Å². The Bertz CT molecular complexity index is 1260. The number of nitrogens with one attached hydrogen (secondary N) is 1. The molecule has 0 bridgehead atoms. The van der Waals surface area contributed by atoms with Crippen LogP contribution in [0, 0.1) is 0 Å². The van der Waals surface area contributed by atoms with Crippen molar-refractivity contribution in [3.05, 3.63) is 76.8 Å². The van der Waals surface area contributed by atoms with Gasteiger partial charge >= 0.3 is 0 Å². The first-order chi connectivity index (χ1) is 16.4. The molecule has 0 radical (unpaired) electrons. The Morgan fingerprint density at radius 2 is 1.74 bits per heavy atom. The minimum atomic E-state index is -3.97. The predicted octanol–water partition coefficient (Wildman–Crippen LogP) is 4.65. The second-order valence-electron chi connectivity index (χ2n) is 6.89. The lowest BCUT2D eigenvalue weighted by atomic mass is 10.2. The van der Waals surface area contributed by atoms with Gasteiger partial charge in [0.2, 0.25) is 0 Å². The van der Waals surface area contributed by atoms with Gasteiger partial charge in [0.15, 0.2) is 11.5 Å². The summed E-state index contributed by atoms with van der Waals surface area (Å²) in [5.41, 5.74) is 1.46. The number of ether oxygens (including phenoxy) is 4. The Morgan fingerprint density at radius 1 is 0.941 bits per heavy atom. The molecule has 8 nitrogen and oxygen atoms in total. The van der Waals surface area contributed by atoms with Crippen LogP contribution >= 0.6 is 11.6 Å². The lowest BCUT2D eigenvalue weighted by Crippen LogP contribution is -2.19. The van der Waals surface area contributed by atoms with Gasteiger partial charge in [-0.25, -0.2) is 0 Å². The summed E-state index contributed by atoms with van der Waals surface area (Å²) in [6.45, 7) is 2.55. The standard InChI is InChI=1S/C24H25ClN2O6S/c1-4-32-22-13-17(9-11-21(22)33-16-18-7-5-6-8-20(18)25)15-26-27-34(28,29)24-12-10-19(30-2)14-23(24)31-3/h5-15,27H,4,16H2,1-3H3/b26-15-. The smallest absolute Gasteiger partial charge is 0.280 e. The average Bonchev–Trinajstić information content (AvgIpc) is 2.84. The van der Waals surface area contributed by atoms with Gasteiger partial charge in [-0.3, -0.25) is 0 Å². The lowest BCUT2D eigenvalue weighted by molar-refractivity contribution is 0.269. The number of hydrogen-bond acceptors (Lipinski definition) is 7. The van der Waals surface area contributed by atoms with Gasteiger partial charge in [-0.05, 0) is 48.9 Å². The molecule has 34 heavy (non-hydrogen) atoms. The molecule has 0 unspecified atom stereocenters. The van der Waals surface area contributed by atoms with Gasteiger partial charge in [-0.2, -0.15) is 18.4 Å². The van der Waals surface area contributed by atoms with Crippen LogP contribution in [0.5, 0.6) is 23.0 Å². The van der Waals surface area contributed by atoms with Crippen molar-refractivity contribution in [2.45, 2.75) is 18.4 Å². The Hall–Kier alpha value is -3.43. The normalized spacial score (nSPS) is 11.3. The molecule has 0 fully saturated rings. The van der Waals surface area contributed by atoms with Crippen LogP contribution in [0.4, 0.5) is 0 Å². The minimum absolute atomic E-state index is 0.0636. The number of rotatable bonds is 11. The third-order valence-electron chi connectivity index (χ3n) is 4.66. The zero-order chi connectivity index (χ0) is 24.6. The van der Waals surface area contributed by atoms with Crippen molar-refractivity contribution in [3.63, 3.8) is 0 Å². The number of hydrogen-bond donors (Lipinski definition) is 1. The molecule has 0 saturated carbocycles. The molecule has 1 N–H and O–H groups in total. The fraction of sp³-hybridized carbons (Fsp3) is 0.208. The summed E-state index contributed by atoms with van der Waals surface area (Å²) in [7, 11) is -1.11. The molecule has 0 aliphatic rings. The highest BCUT2D eigenvalue weighted by atomic mass is 35.5. The number of nitrogens with zero attached hydrogens (tertiary/aromatic N) is 1. The third-order valence-corrected chi connectivity index (χ3v) is 6.29. The summed E-state index contributed by atoms with van der Waals surface area (Å²) in [5, 5.41) is 4.50. The molecular formula is C24H25ClN2O6S. The van der Waals surface area contributed by atoms with Gasteiger partial charge in [0.05, 0.1) is 27.0 Å². The van der Waals surface area contributed by atoms with Gasteiger partial charge in [0.25, 0.3) is 10.0 Å². The number of benzene rings is 3. The monoisotopic (exact) mass is 504 g/mol. The maximum absolute atomic E-state index is 12.7. The summed E-state index contributed by atoms with van der Waals surface area (Å²) >= 11 is 6.19. The molecule has 3 rings (SSSR count). The Balaban J connectivity index is 1.74. The van der Waals surface area contributed by atoms with Gasteiger partial charge in [0.1, 0.15) is 23.0 Å². The van der Waals surface area contributed by atoms with Crippen molar-refractivity contribution in [2.75, 3.05) is 20.8 Å². The van der Waals surface area contributed by atoms with Gasteiger partial charge in [-0.1, -0.05) is 29.8 Å². The first kappa shape index (κ1) is 25.2. The highest BCUT2D eigenvalue weighted by molar-refractivity contribution is 7.89. The molecule has 0 heterocycles. The molecule has 0 amide bonds. The molecule has 0 aromatic heterocycles. The molecule has 0 saturated heterocycles. The maximum Gasteiger partial charge on any atom is 0.280 e. The molecule has 3 aromatic rings. The first-order valence-electron chi connectivity index (χ1n) is 10.3. The van der Waals surface area contributed by atoms with Crippen molar-refractivity contribution < 1.29 is 27.4 Å². The quantitative estimate of drug-likeness (QED) is 0.302. The van der Waals surface area contributed by atoms with E-state index >= 15 is 0 Å². The molecule has 0 spiro atoms. The predicted molar refractivity (Wildman–Crippen MR) is 131 cm³/mol. The van der Waals surface area contributed by atoms with E-state index in [2.05, 4.69) is 9.93 Å². The fourth-order valence-electron chi connectivity index (χ4n) is 2.98. The Kier molecular flexibility index (Phi) is 8.61. The first-order valence-corrected chi connectivity index (χ1v) is 12.1. The largest absolute Gasteiger partial charge is 0.497 e.